The molecule has 0 spiro atoms. The third kappa shape index (κ3) is 4.73. The second kappa shape index (κ2) is 7.83. The number of aliphatic carboxylic acids is 1. The molecule has 0 heterocycles. The maximum Gasteiger partial charge on any atom is 0.262 e. The molecule has 0 unspecified atom stereocenters. The number of para-hydroxylation sites is 2. The minimum absolute atomic E-state index is 0.0889. The molecule has 0 aliphatic heterocycles. The summed E-state index contributed by atoms with van der Waals surface area (Å²) in [6.07, 6.45) is 0.190. The first-order valence-electron chi connectivity index (χ1n) is 7.46. The lowest BCUT2D eigenvalue weighted by molar-refractivity contribution is -0.305. The van der Waals surface area contributed by atoms with E-state index in [-0.39, 0.29) is 11.3 Å². The molecule has 0 aromatic heterocycles. The smallest absolute Gasteiger partial charge is 0.262 e. The van der Waals surface area contributed by atoms with Gasteiger partial charge in [0.15, 0.2) is 0 Å². The molecule has 0 aliphatic carbocycles. The van der Waals surface area contributed by atoms with Crippen molar-refractivity contribution in [1.82, 2.24) is 0 Å². The molecule has 2 aromatic carbocycles. The van der Waals surface area contributed by atoms with Gasteiger partial charge in [0, 0.05) is 5.97 Å². The van der Waals surface area contributed by atoms with Gasteiger partial charge in [-0.05, 0) is 49.6 Å². The average Bonchev–Trinajstić information content (AvgIpc) is 2.55. The van der Waals surface area contributed by atoms with Crippen molar-refractivity contribution in [3.63, 3.8) is 0 Å². The maximum atomic E-state index is 12.5. The Balaban J connectivity index is 2.17. The number of carbonyl (C=O) groups is 1. The third-order valence-electron chi connectivity index (χ3n) is 3.28. The molecule has 0 aliphatic rings. The Bertz CT molecular complexity index is 800. The highest BCUT2D eigenvalue weighted by atomic mass is 32.2. The molecule has 1 N–H and O–H groups in total. The summed E-state index contributed by atoms with van der Waals surface area (Å²) in [7, 11) is -3.76. The Morgan fingerprint density at radius 3 is 2.42 bits per heavy atom. The van der Waals surface area contributed by atoms with Crippen molar-refractivity contribution >= 4 is 21.7 Å². The SMILES string of the molecule is CCOc1ccccc1NS(=O)(=O)c1ccc(CCC(=O)[O-])cc1. The van der Waals surface area contributed by atoms with Gasteiger partial charge in [-0.2, -0.15) is 0 Å². The van der Waals surface area contributed by atoms with Crippen LogP contribution in [0.15, 0.2) is 53.4 Å². The highest BCUT2D eigenvalue weighted by Gasteiger charge is 2.16. The van der Waals surface area contributed by atoms with Crippen LogP contribution in [0.3, 0.4) is 0 Å². The lowest BCUT2D eigenvalue weighted by Crippen LogP contribution is -2.22. The number of anilines is 1. The normalized spacial score (nSPS) is 11.0. The van der Waals surface area contributed by atoms with Gasteiger partial charge in [-0.15, -0.1) is 0 Å². The van der Waals surface area contributed by atoms with E-state index in [2.05, 4.69) is 4.72 Å². The number of aryl methyl sites for hydroxylation is 1. The van der Waals surface area contributed by atoms with Crippen LogP contribution in [-0.4, -0.2) is 21.0 Å². The van der Waals surface area contributed by atoms with E-state index >= 15 is 0 Å². The molecule has 2 rings (SSSR count). The number of sulfonamides is 1. The summed E-state index contributed by atoms with van der Waals surface area (Å²) in [5.41, 5.74) is 1.09. The molecule has 6 nitrogen and oxygen atoms in total. The molecule has 24 heavy (non-hydrogen) atoms. The van der Waals surface area contributed by atoms with E-state index in [9.17, 15) is 18.3 Å². The van der Waals surface area contributed by atoms with Crippen LogP contribution in [0.4, 0.5) is 5.69 Å². The molecule has 0 amide bonds. The van der Waals surface area contributed by atoms with E-state index in [4.69, 9.17) is 4.74 Å². The maximum absolute atomic E-state index is 12.5. The summed E-state index contributed by atoms with van der Waals surface area (Å²) < 4.78 is 32.8. The quantitative estimate of drug-likeness (QED) is 0.781. The topological polar surface area (TPSA) is 95.5 Å². The van der Waals surface area contributed by atoms with E-state index in [0.717, 1.165) is 5.56 Å². The standard InChI is InChI=1S/C17H19NO5S/c1-2-23-16-6-4-3-5-15(16)18-24(21,22)14-10-7-13(8-11-14)9-12-17(19)20/h3-8,10-11,18H,2,9,12H2,1H3,(H,19,20)/p-1. The van der Waals surface area contributed by atoms with Crippen LogP contribution in [-0.2, 0) is 21.2 Å². The number of carboxylic acids is 1. The first-order valence-corrected chi connectivity index (χ1v) is 8.94. The van der Waals surface area contributed by atoms with Gasteiger partial charge in [0.05, 0.1) is 17.2 Å². The van der Waals surface area contributed by atoms with E-state index in [1.54, 1.807) is 36.4 Å². The van der Waals surface area contributed by atoms with Crippen LogP contribution in [0, 0.1) is 0 Å². The zero-order valence-electron chi connectivity index (χ0n) is 13.2. The molecule has 0 radical (unpaired) electrons. The van der Waals surface area contributed by atoms with Crippen molar-refractivity contribution in [3.05, 3.63) is 54.1 Å². The molecule has 0 atom stereocenters. The second-order valence-corrected chi connectivity index (χ2v) is 6.73. The number of carbonyl (C=O) groups excluding carboxylic acids is 1. The van der Waals surface area contributed by atoms with Crippen LogP contribution >= 0.6 is 0 Å². The minimum atomic E-state index is -3.76. The zero-order valence-corrected chi connectivity index (χ0v) is 14.0. The summed E-state index contributed by atoms with van der Waals surface area (Å²) >= 11 is 0. The predicted molar refractivity (Wildman–Crippen MR) is 88.2 cm³/mol. The molecule has 128 valence electrons. The van der Waals surface area contributed by atoms with Crippen molar-refractivity contribution in [1.29, 1.82) is 0 Å². The largest absolute Gasteiger partial charge is 0.550 e. The fraction of sp³-hybridized carbons (Fsp3) is 0.235. The van der Waals surface area contributed by atoms with Gasteiger partial charge in [0.25, 0.3) is 10.0 Å². The van der Waals surface area contributed by atoms with Crippen molar-refractivity contribution in [2.24, 2.45) is 0 Å². The highest BCUT2D eigenvalue weighted by molar-refractivity contribution is 7.92. The first-order chi connectivity index (χ1) is 11.4. The fourth-order valence-corrected chi connectivity index (χ4v) is 3.19. The molecular weight excluding hydrogens is 330 g/mol. The summed E-state index contributed by atoms with van der Waals surface area (Å²) in [5.74, 6) is -0.685. The Kier molecular flexibility index (Phi) is 5.81. The van der Waals surface area contributed by atoms with E-state index < -0.39 is 16.0 Å². The monoisotopic (exact) mass is 348 g/mol. The summed E-state index contributed by atoms with van der Waals surface area (Å²) in [6.45, 7) is 2.24. The average molecular weight is 348 g/mol. The summed E-state index contributed by atoms with van der Waals surface area (Å²) in [4.78, 5) is 10.5. The van der Waals surface area contributed by atoms with Crippen molar-refractivity contribution in [2.75, 3.05) is 11.3 Å². The molecular formula is C17H18NO5S-. The minimum Gasteiger partial charge on any atom is -0.550 e. The van der Waals surface area contributed by atoms with Crippen molar-refractivity contribution in [2.45, 2.75) is 24.7 Å². The second-order valence-electron chi connectivity index (χ2n) is 5.05. The van der Waals surface area contributed by atoms with Gasteiger partial charge in [0.1, 0.15) is 5.75 Å². The van der Waals surface area contributed by atoms with Crippen LogP contribution < -0.4 is 14.6 Å². The molecule has 0 saturated carbocycles. The van der Waals surface area contributed by atoms with Crippen LogP contribution in [0.5, 0.6) is 5.75 Å². The number of hydrogen-bond acceptors (Lipinski definition) is 5. The van der Waals surface area contributed by atoms with Gasteiger partial charge in [-0.3, -0.25) is 4.72 Å². The number of ether oxygens (including phenoxy) is 1. The number of rotatable bonds is 8. The fourth-order valence-electron chi connectivity index (χ4n) is 2.12. The molecule has 2 aromatic rings. The van der Waals surface area contributed by atoms with E-state index in [1.807, 2.05) is 6.92 Å². The molecule has 0 fully saturated rings. The lowest BCUT2D eigenvalue weighted by atomic mass is 10.1. The van der Waals surface area contributed by atoms with Crippen LogP contribution in [0.25, 0.3) is 0 Å². The predicted octanol–water partition coefficient (Wildman–Crippen LogP) is 1.57. The van der Waals surface area contributed by atoms with Crippen LogP contribution in [0.2, 0.25) is 0 Å². The molecule has 7 heteroatoms. The van der Waals surface area contributed by atoms with Crippen molar-refractivity contribution < 1.29 is 23.1 Å². The van der Waals surface area contributed by atoms with Gasteiger partial charge >= 0.3 is 0 Å². The van der Waals surface area contributed by atoms with Gasteiger partial charge in [-0.1, -0.05) is 24.3 Å². The highest BCUT2D eigenvalue weighted by Crippen LogP contribution is 2.26. The van der Waals surface area contributed by atoms with Gasteiger partial charge < -0.3 is 14.6 Å². The number of hydrogen-bond donors (Lipinski definition) is 1. The first kappa shape index (κ1) is 17.8. The Morgan fingerprint density at radius 1 is 1.12 bits per heavy atom. The van der Waals surface area contributed by atoms with Crippen LogP contribution in [0.1, 0.15) is 18.9 Å². The van der Waals surface area contributed by atoms with Crippen molar-refractivity contribution in [3.8, 4) is 5.75 Å². The van der Waals surface area contributed by atoms with E-state index in [1.165, 1.54) is 12.1 Å². The van der Waals surface area contributed by atoms with E-state index in [0.29, 0.717) is 24.5 Å². The summed E-state index contributed by atoms with van der Waals surface area (Å²) in [5, 5.41) is 10.5. The Morgan fingerprint density at radius 2 is 1.79 bits per heavy atom. The third-order valence-corrected chi connectivity index (χ3v) is 4.66. The number of benzene rings is 2. The molecule has 0 saturated heterocycles. The Labute approximate surface area is 141 Å². The van der Waals surface area contributed by atoms with Gasteiger partial charge in [0.2, 0.25) is 0 Å². The number of nitrogens with one attached hydrogen (secondary N) is 1. The number of carboxylic acid groups (broad SMARTS) is 1. The zero-order chi connectivity index (χ0) is 17.6. The molecule has 0 bridgehead atoms. The van der Waals surface area contributed by atoms with Gasteiger partial charge in [-0.25, -0.2) is 8.42 Å². The Hall–Kier alpha value is -2.54. The lowest BCUT2D eigenvalue weighted by Gasteiger charge is -2.13. The summed E-state index contributed by atoms with van der Waals surface area (Å²) in [6, 6.07) is 12.8.